The summed E-state index contributed by atoms with van der Waals surface area (Å²) >= 11 is 0. The minimum absolute atomic E-state index is 0.253. The number of aromatic amines is 1. The van der Waals surface area contributed by atoms with E-state index in [9.17, 15) is 0 Å². The summed E-state index contributed by atoms with van der Waals surface area (Å²) in [6.45, 7) is 0. The van der Waals surface area contributed by atoms with E-state index in [1.165, 1.54) is 5.56 Å². The van der Waals surface area contributed by atoms with Gasteiger partial charge in [0.05, 0.1) is 12.2 Å². The monoisotopic (exact) mass is 303 g/mol. The smallest absolute Gasteiger partial charge is 0.212 e. The molecule has 0 aliphatic carbocycles. The van der Waals surface area contributed by atoms with Crippen LogP contribution < -0.4 is 5.73 Å². The van der Waals surface area contributed by atoms with Gasteiger partial charge in [0.25, 0.3) is 0 Å². The third-order valence-electron chi connectivity index (χ3n) is 3.99. The predicted octanol–water partition coefficient (Wildman–Crippen LogP) is 4.07. The third-order valence-corrected chi connectivity index (χ3v) is 3.99. The SMILES string of the molecule is N[C@@H](Cc1ccccc1)c1ncc(-c2c[nH]c3ccccc23)o1. The lowest BCUT2D eigenvalue weighted by Crippen LogP contribution is -2.13. The Kier molecular flexibility index (Phi) is 3.44. The van der Waals surface area contributed by atoms with Crippen molar-refractivity contribution in [3.05, 3.63) is 78.4 Å². The van der Waals surface area contributed by atoms with E-state index < -0.39 is 0 Å². The van der Waals surface area contributed by atoms with Crippen molar-refractivity contribution in [1.82, 2.24) is 9.97 Å². The number of H-pyrrole nitrogens is 1. The molecule has 4 nitrogen and oxygen atoms in total. The molecule has 0 fully saturated rings. The maximum Gasteiger partial charge on any atom is 0.212 e. The first-order chi connectivity index (χ1) is 11.3. The summed E-state index contributed by atoms with van der Waals surface area (Å²) < 4.78 is 5.91. The molecule has 0 bridgehead atoms. The number of aromatic nitrogens is 2. The zero-order chi connectivity index (χ0) is 15.6. The van der Waals surface area contributed by atoms with Crippen molar-refractivity contribution >= 4 is 10.9 Å². The summed E-state index contributed by atoms with van der Waals surface area (Å²) in [5, 5.41) is 1.12. The zero-order valence-electron chi connectivity index (χ0n) is 12.6. The van der Waals surface area contributed by atoms with Crippen LogP contribution in [0.15, 0.2) is 71.4 Å². The molecule has 0 radical (unpaired) electrons. The van der Waals surface area contributed by atoms with Gasteiger partial charge in [-0.1, -0.05) is 48.5 Å². The summed E-state index contributed by atoms with van der Waals surface area (Å²) in [6.07, 6.45) is 4.39. The van der Waals surface area contributed by atoms with Gasteiger partial charge in [-0.15, -0.1) is 0 Å². The Labute approximate surface area is 134 Å². The number of para-hydroxylation sites is 1. The number of fused-ring (bicyclic) bond motifs is 1. The van der Waals surface area contributed by atoms with Gasteiger partial charge in [-0.05, 0) is 18.1 Å². The Balaban J connectivity index is 1.61. The molecule has 4 aromatic rings. The van der Waals surface area contributed by atoms with Gasteiger partial charge < -0.3 is 15.1 Å². The topological polar surface area (TPSA) is 67.8 Å². The minimum Gasteiger partial charge on any atom is -0.439 e. The molecule has 114 valence electrons. The van der Waals surface area contributed by atoms with Crippen LogP contribution in [0.1, 0.15) is 17.5 Å². The van der Waals surface area contributed by atoms with E-state index in [-0.39, 0.29) is 6.04 Å². The highest BCUT2D eigenvalue weighted by Gasteiger charge is 2.16. The molecule has 0 saturated heterocycles. The maximum absolute atomic E-state index is 6.24. The molecule has 0 aliphatic rings. The fourth-order valence-electron chi connectivity index (χ4n) is 2.81. The highest BCUT2D eigenvalue weighted by atomic mass is 16.4. The van der Waals surface area contributed by atoms with Crippen LogP contribution in [0.2, 0.25) is 0 Å². The van der Waals surface area contributed by atoms with E-state index in [0.29, 0.717) is 12.3 Å². The van der Waals surface area contributed by atoms with E-state index in [4.69, 9.17) is 10.2 Å². The van der Waals surface area contributed by atoms with Crippen molar-refractivity contribution in [2.75, 3.05) is 0 Å². The van der Waals surface area contributed by atoms with Gasteiger partial charge in [-0.3, -0.25) is 0 Å². The molecular weight excluding hydrogens is 286 g/mol. The van der Waals surface area contributed by atoms with Gasteiger partial charge in [-0.25, -0.2) is 4.98 Å². The van der Waals surface area contributed by atoms with E-state index in [1.54, 1.807) is 6.20 Å². The molecule has 0 aliphatic heterocycles. The second-order valence-corrected chi connectivity index (χ2v) is 5.61. The molecule has 0 saturated carbocycles. The van der Waals surface area contributed by atoms with Crippen LogP contribution >= 0.6 is 0 Å². The number of hydrogen-bond acceptors (Lipinski definition) is 3. The lowest BCUT2D eigenvalue weighted by atomic mass is 10.1. The Hall–Kier alpha value is -2.85. The first kappa shape index (κ1) is 13.8. The van der Waals surface area contributed by atoms with Gasteiger partial charge >= 0.3 is 0 Å². The lowest BCUT2D eigenvalue weighted by Gasteiger charge is -2.07. The van der Waals surface area contributed by atoms with Crippen molar-refractivity contribution < 1.29 is 4.42 Å². The Bertz CT molecular complexity index is 924. The van der Waals surface area contributed by atoms with Crippen molar-refractivity contribution in [1.29, 1.82) is 0 Å². The average molecular weight is 303 g/mol. The van der Waals surface area contributed by atoms with Gasteiger partial charge in [0.1, 0.15) is 0 Å². The largest absolute Gasteiger partial charge is 0.439 e. The number of benzene rings is 2. The van der Waals surface area contributed by atoms with E-state index >= 15 is 0 Å². The molecule has 0 spiro atoms. The molecule has 0 amide bonds. The van der Waals surface area contributed by atoms with Gasteiger partial charge in [-0.2, -0.15) is 0 Å². The normalized spacial score (nSPS) is 12.6. The summed E-state index contributed by atoms with van der Waals surface area (Å²) in [5.74, 6) is 1.30. The second kappa shape index (κ2) is 5.74. The quantitative estimate of drug-likeness (QED) is 0.597. The Morgan fingerprint density at radius 3 is 2.70 bits per heavy atom. The highest BCUT2D eigenvalue weighted by Crippen LogP contribution is 2.30. The Morgan fingerprint density at radius 1 is 1.04 bits per heavy atom. The summed E-state index contributed by atoms with van der Waals surface area (Å²) in [7, 11) is 0. The van der Waals surface area contributed by atoms with Crippen molar-refractivity contribution in [2.45, 2.75) is 12.5 Å². The molecule has 2 aromatic carbocycles. The molecule has 4 heteroatoms. The summed E-state index contributed by atoms with van der Waals surface area (Å²) in [4.78, 5) is 7.62. The number of nitrogens with one attached hydrogen (secondary N) is 1. The number of rotatable bonds is 4. The van der Waals surface area contributed by atoms with Crippen LogP contribution in [0, 0.1) is 0 Å². The van der Waals surface area contributed by atoms with Crippen molar-refractivity contribution in [3.63, 3.8) is 0 Å². The second-order valence-electron chi connectivity index (χ2n) is 5.61. The average Bonchev–Trinajstić information content (AvgIpc) is 3.22. The lowest BCUT2D eigenvalue weighted by molar-refractivity contribution is 0.457. The maximum atomic E-state index is 6.24. The first-order valence-electron chi connectivity index (χ1n) is 7.63. The van der Waals surface area contributed by atoms with Crippen LogP contribution in [-0.4, -0.2) is 9.97 Å². The van der Waals surface area contributed by atoms with Crippen LogP contribution in [0.5, 0.6) is 0 Å². The van der Waals surface area contributed by atoms with E-state index in [0.717, 1.165) is 22.2 Å². The van der Waals surface area contributed by atoms with E-state index in [1.807, 2.05) is 42.6 Å². The first-order valence-corrected chi connectivity index (χ1v) is 7.63. The third kappa shape index (κ3) is 2.64. The standard InChI is InChI=1S/C19H17N3O/c20-16(10-13-6-2-1-3-7-13)19-22-12-18(23-19)15-11-21-17-9-5-4-8-14(15)17/h1-9,11-12,16,21H,10,20H2/t16-/m0/s1. The summed E-state index contributed by atoms with van der Waals surface area (Å²) in [5.41, 5.74) is 9.50. The minimum atomic E-state index is -0.253. The molecule has 3 N–H and O–H groups in total. The zero-order valence-corrected chi connectivity index (χ0v) is 12.6. The Morgan fingerprint density at radius 2 is 1.83 bits per heavy atom. The molecule has 23 heavy (non-hydrogen) atoms. The number of oxazole rings is 1. The number of nitrogens with zero attached hydrogens (tertiary/aromatic N) is 1. The van der Waals surface area contributed by atoms with Crippen molar-refractivity contribution in [3.8, 4) is 11.3 Å². The fraction of sp³-hybridized carbons (Fsp3) is 0.105. The number of hydrogen-bond donors (Lipinski definition) is 2. The number of nitrogens with two attached hydrogens (primary N) is 1. The molecule has 4 rings (SSSR count). The van der Waals surface area contributed by atoms with Gasteiger partial charge in [0.15, 0.2) is 5.76 Å². The molecule has 0 unspecified atom stereocenters. The molecule has 2 heterocycles. The molecular formula is C19H17N3O. The highest BCUT2D eigenvalue weighted by molar-refractivity contribution is 5.93. The van der Waals surface area contributed by atoms with E-state index in [2.05, 4.69) is 28.2 Å². The predicted molar refractivity (Wildman–Crippen MR) is 90.9 cm³/mol. The van der Waals surface area contributed by atoms with Crippen LogP contribution in [0.4, 0.5) is 0 Å². The van der Waals surface area contributed by atoms with Gasteiger partial charge in [0.2, 0.25) is 5.89 Å². The summed E-state index contributed by atoms with van der Waals surface area (Å²) in [6, 6.07) is 18.0. The van der Waals surface area contributed by atoms with Crippen LogP contribution in [0.25, 0.3) is 22.2 Å². The van der Waals surface area contributed by atoms with Crippen molar-refractivity contribution in [2.24, 2.45) is 5.73 Å². The van der Waals surface area contributed by atoms with Crippen LogP contribution in [-0.2, 0) is 6.42 Å². The van der Waals surface area contributed by atoms with Crippen LogP contribution in [0.3, 0.4) is 0 Å². The van der Waals surface area contributed by atoms with Gasteiger partial charge in [0, 0.05) is 22.7 Å². The molecule has 1 atom stereocenters. The molecule has 2 aromatic heterocycles. The fourth-order valence-corrected chi connectivity index (χ4v) is 2.81.